The average molecular weight is 167 g/mol. The maximum Gasteiger partial charge on any atom is 0.374 e. The van der Waals surface area contributed by atoms with Crippen molar-refractivity contribution in [3.63, 3.8) is 0 Å². The molecule has 1 heterocycles. The molecule has 0 spiro atoms. The monoisotopic (exact) mass is 167 g/mol. The second kappa shape index (κ2) is 2.09. The van der Waals surface area contributed by atoms with Crippen molar-refractivity contribution in [1.82, 2.24) is 5.16 Å². The summed E-state index contributed by atoms with van der Waals surface area (Å²) in [5.41, 5.74) is 0.844. The van der Waals surface area contributed by atoms with E-state index in [0.29, 0.717) is 0 Å². The van der Waals surface area contributed by atoms with Gasteiger partial charge in [-0.15, -0.1) is 0 Å². The first-order valence-corrected chi connectivity index (χ1v) is 3.82. The van der Waals surface area contributed by atoms with Crippen LogP contribution in [0, 0.1) is 0 Å². The molecule has 1 aromatic heterocycles. The molecule has 0 atom stereocenters. The lowest BCUT2D eigenvalue weighted by atomic mass is 10.1. The van der Waals surface area contributed by atoms with Crippen molar-refractivity contribution in [2.45, 2.75) is 25.2 Å². The van der Waals surface area contributed by atoms with Crippen LogP contribution in [0.1, 0.15) is 36.0 Å². The molecule has 0 bridgehead atoms. The van der Waals surface area contributed by atoms with E-state index in [1.54, 1.807) is 0 Å². The molecule has 4 nitrogen and oxygen atoms in total. The summed E-state index contributed by atoms with van der Waals surface area (Å²) in [6, 6.07) is 1.51. The van der Waals surface area contributed by atoms with Gasteiger partial charge in [-0.2, -0.15) is 0 Å². The molecular formula is C8H9NO3. The molecule has 2 rings (SSSR count). The number of hydrogen-bond acceptors (Lipinski definition) is 3. The van der Waals surface area contributed by atoms with Crippen molar-refractivity contribution >= 4 is 5.97 Å². The molecule has 0 saturated heterocycles. The van der Waals surface area contributed by atoms with E-state index in [4.69, 9.17) is 5.11 Å². The second-order valence-electron chi connectivity index (χ2n) is 3.44. The number of carbonyl (C=O) groups is 1. The smallest absolute Gasteiger partial charge is 0.374 e. The van der Waals surface area contributed by atoms with Crippen molar-refractivity contribution in [1.29, 1.82) is 0 Å². The Balaban J connectivity index is 2.30. The van der Waals surface area contributed by atoms with E-state index in [-0.39, 0.29) is 11.2 Å². The van der Waals surface area contributed by atoms with E-state index in [2.05, 4.69) is 16.6 Å². The minimum absolute atomic E-state index is 0.0712. The van der Waals surface area contributed by atoms with Gasteiger partial charge in [0.1, 0.15) is 0 Å². The maximum atomic E-state index is 10.4. The summed E-state index contributed by atoms with van der Waals surface area (Å²) >= 11 is 0. The van der Waals surface area contributed by atoms with Gasteiger partial charge in [0, 0.05) is 11.5 Å². The van der Waals surface area contributed by atoms with Crippen LogP contribution in [0.3, 0.4) is 0 Å². The van der Waals surface area contributed by atoms with Crippen LogP contribution < -0.4 is 0 Å². The summed E-state index contributed by atoms with van der Waals surface area (Å²) in [4.78, 5) is 10.4. The molecule has 4 heteroatoms. The lowest BCUT2D eigenvalue weighted by molar-refractivity contribution is 0.0652. The number of hydrogen-bond donors (Lipinski definition) is 1. The molecule has 0 aliphatic heterocycles. The number of carboxylic acids is 1. The molecule has 1 aliphatic carbocycles. The summed E-state index contributed by atoms with van der Waals surface area (Å²) in [6.07, 6.45) is 2.14. The van der Waals surface area contributed by atoms with Crippen LogP contribution in [0.15, 0.2) is 10.6 Å². The summed E-state index contributed by atoms with van der Waals surface area (Å²) in [7, 11) is 0. The standard InChI is InChI=1S/C8H9NO3/c1-8(2-3-8)6-4-5(7(10)11)12-9-6/h4H,2-3H2,1H3,(H,10,11). The van der Waals surface area contributed by atoms with Gasteiger partial charge in [-0.1, -0.05) is 12.1 Å². The van der Waals surface area contributed by atoms with Gasteiger partial charge in [0.15, 0.2) is 0 Å². The summed E-state index contributed by atoms with van der Waals surface area (Å²) in [6.45, 7) is 2.05. The lowest BCUT2D eigenvalue weighted by Crippen LogP contribution is -1.99. The summed E-state index contributed by atoms with van der Waals surface area (Å²) in [5, 5.41) is 12.3. The van der Waals surface area contributed by atoms with Crippen molar-refractivity contribution < 1.29 is 14.4 Å². The largest absolute Gasteiger partial charge is 0.475 e. The molecule has 0 unspecified atom stereocenters. The lowest BCUT2D eigenvalue weighted by Gasteiger charge is -1.98. The van der Waals surface area contributed by atoms with E-state index < -0.39 is 5.97 Å². The van der Waals surface area contributed by atoms with Crippen molar-refractivity contribution in [3.8, 4) is 0 Å². The summed E-state index contributed by atoms with van der Waals surface area (Å²) < 4.78 is 4.64. The third-order valence-corrected chi connectivity index (χ3v) is 2.34. The van der Waals surface area contributed by atoms with Crippen molar-refractivity contribution in [2.24, 2.45) is 0 Å². The Morgan fingerprint density at radius 1 is 1.75 bits per heavy atom. The van der Waals surface area contributed by atoms with Crippen LogP contribution in [0.4, 0.5) is 0 Å². The molecule has 0 radical (unpaired) electrons. The van der Waals surface area contributed by atoms with Crippen LogP contribution >= 0.6 is 0 Å². The SMILES string of the molecule is CC1(c2cc(C(=O)O)on2)CC1. The third kappa shape index (κ3) is 0.995. The topological polar surface area (TPSA) is 63.3 Å². The highest BCUT2D eigenvalue weighted by atomic mass is 16.5. The quantitative estimate of drug-likeness (QED) is 0.723. The van der Waals surface area contributed by atoms with E-state index in [9.17, 15) is 4.79 Å². The Morgan fingerprint density at radius 2 is 2.42 bits per heavy atom. The first-order chi connectivity index (χ1) is 5.62. The van der Waals surface area contributed by atoms with Gasteiger partial charge in [-0.25, -0.2) is 4.79 Å². The summed E-state index contributed by atoms with van der Waals surface area (Å²) in [5.74, 6) is -1.13. The second-order valence-corrected chi connectivity index (χ2v) is 3.44. The van der Waals surface area contributed by atoms with Crippen LogP contribution in [0.25, 0.3) is 0 Å². The van der Waals surface area contributed by atoms with Crippen molar-refractivity contribution in [3.05, 3.63) is 17.5 Å². The van der Waals surface area contributed by atoms with Gasteiger partial charge < -0.3 is 9.63 Å². The Labute approximate surface area is 69.2 Å². The molecule has 1 aliphatic rings. The maximum absolute atomic E-state index is 10.4. The first kappa shape index (κ1) is 7.34. The zero-order chi connectivity index (χ0) is 8.77. The Hall–Kier alpha value is -1.32. The van der Waals surface area contributed by atoms with Crippen LogP contribution in [-0.2, 0) is 5.41 Å². The molecule has 0 amide bonds. The highest BCUT2D eigenvalue weighted by Crippen LogP contribution is 2.46. The molecular weight excluding hydrogens is 158 g/mol. The fourth-order valence-electron chi connectivity index (χ4n) is 1.10. The van der Waals surface area contributed by atoms with Gasteiger partial charge in [-0.05, 0) is 12.8 Å². The zero-order valence-electron chi connectivity index (χ0n) is 6.70. The van der Waals surface area contributed by atoms with Gasteiger partial charge in [0.2, 0.25) is 5.76 Å². The van der Waals surface area contributed by atoms with E-state index in [0.717, 1.165) is 18.5 Å². The molecule has 12 heavy (non-hydrogen) atoms. The minimum atomic E-state index is -1.06. The molecule has 1 saturated carbocycles. The Bertz CT molecular complexity index is 325. The van der Waals surface area contributed by atoms with Crippen LogP contribution in [0.5, 0.6) is 0 Å². The number of aromatic nitrogens is 1. The molecule has 1 aromatic rings. The van der Waals surface area contributed by atoms with Crippen LogP contribution in [0.2, 0.25) is 0 Å². The zero-order valence-corrected chi connectivity index (χ0v) is 6.70. The molecule has 1 fully saturated rings. The fraction of sp³-hybridized carbons (Fsp3) is 0.500. The van der Waals surface area contributed by atoms with Gasteiger partial charge in [0.25, 0.3) is 0 Å². The minimum Gasteiger partial charge on any atom is -0.475 e. The Morgan fingerprint density at radius 3 is 2.83 bits per heavy atom. The van der Waals surface area contributed by atoms with Gasteiger partial charge >= 0.3 is 5.97 Å². The molecule has 64 valence electrons. The number of rotatable bonds is 2. The van der Waals surface area contributed by atoms with Crippen LogP contribution in [-0.4, -0.2) is 16.2 Å². The molecule has 1 N–H and O–H groups in total. The highest BCUT2D eigenvalue weighted by molar-refractivity contribution is 5.84. The Kier molecular flexibility index (Phi) is 1.28. The number of aromatic carboxylic acids is 1. The molecule has 0 aromatic carbocycles. The predicted molar refractivity (Wildman–Crippen MR) is 40.0 cm³/mol. The van der Waals surface area contributed by atoms with Gasteiger partial charge in [0.05, 0.1) is 5.69 Å². The van der Waals surface area contributed by atoms with Gasteiger partial charge in [-0.3, -0.25) is 0 Å². The number of nitrogens with zero attached hydrogens (tertiary/aromatic N) is 1. The van der Waals surface area contributed by atoms with E-state index in [1.165, 1.54) is 6.07 Å². The first-order valence-electron chi connectivity index (χ1n) is 3.82. The van der Waals surface area contributed by atoms with E-state index in [1.807, 2.05) is 0 Å². The third-order valence-electron chi connectivity index (χ3n) is 2.34. The highest BCUT2D eigenvalue weighted by Gasteiger charge is 2.42. The fourth-order valence-corrected chi connectivity index (χ4v) is 1.10. The predicted octanol–water partition coefficient (Wildman–Crippen LogP) is 1.42. The van der Waals surface area contributed by atoms with Crippen molar-refractivity contribution in [2.75, 3.05) is 0 Å². The average Bonchev–Trinajstić information content (AvgIpc) is 2.61. The van der Waals surface area contributed by atoms with E-state index >= 15 is 0 Å². The number of carboxylic acid groups (broad SMARTS) is 1. The normalized spacial score (nSPS) is 19.1.